The predicted octanol–water partition coefficient (Wildman–Crippen LogP) is 3.68. The van der Waals surface area contributed by atoms with E-state index in [0.717, 1.165) is 11.1 Å². The summed E-state index contributed by atoms with van der Waals surface area (Å²) in [7, 11) is 4.63. The third kappa shape index (κ3) is 5.76. The Labute approximate surface area is 243 Å². The minimum atomic E-state index is -0.432. The number of carbonyl (C=O) groups is 2. The molecule has 11 heteroatoms. The first-order valence-corrected chi connectivity index (χ1v) is 13.5. The minimum absolute atomic E-state index is 0.154. The third-order valence-electron chi connectivity index (χ3n) is 7.18. The van der Waals surface area contributed by atoms with Crippen LogP contribution in [0.4, 0.5) is 11.4 Å². The first-order chi connectivity index (χ1) is 20.3. The molecule has 1 atom stereocenters. The van der Waals surface area contributed by atoms with E-state index in [0.29, 0.717) is 71.6 Å². The van der Waals surface area contributed by atoms with E-state index in [1.165, 1.54) is 20.1 Å². The predicted molar refractivity (Wildman–Crippen MR) is 157 cm³/mol. The maximum absolute atomic E-state index is 13.4. The molecule has 3 aromatic carbocycles. The van der Waals surface area contributed by atoms with Crippen molar-refractivity contribution in [2.45, 2.75) is 25.8 Å². The molecule has 0 bridgehead atoms. The molecule has 0 saturated heterocycles. The Balaban J connectivity index is 1.48. The highest BCUT2D eigenvalue weighted by Gasteiger charge is 2.29. The van der Waals surface area contributed by atoms with Gasteiger partial charge in [0.1, 0.15) is 13.2 Å². The molecule has 2 aliphatic rings. The van der Waals surface area contributed by atoms with Gasteiger partial charge in [0.2, 0.25) is 23.0 Å². The number of hydrogen-bond donors (Lipinski definition) is 3. The lowest BCUT2D eigenvalue weighted by atomic mass is 9.95. The van der Waals surface area contributed by atoms with E-state index in [9.17, 15) is 14.4 Å². The fraction of sp³-hybridized carbons (Fsp3) is 0.323. The molecular weight excluding hydrogens is 542 g/mol. The van der Waals surface area contributed by atoms with E-state index in [1.54, 1.807) is 44.6 Å². The number of methoxy groups -OCH3 is 3. The highest BCUT2D eigenvalue weighted by molar-refractivity contribution is 5.94. The van der Waals surface area contributed by atoms with E-state index < -0.39 is 6.04 Å². The zero-order valence-corrected chi connectivity index (χ0v) is 23.9. The van der Waals surface area contributed by atoms with Gasteiger partial charge >= 0.3 is 0 Å². The lowest BCUT2D eigenvalue weighted by Gasteiger charge is -2.19. The van der Waals surface area contributed by atoms with Crippen molar-refractivity contribution < 1.29 is 33.3 Å². The molecule has 1 aliphatic heterocycles. The molecular formula is C31H33N3O8. The van der Waals surface area contributed by atoms with Crippen LogP contribution in [-0.4, -0.2) is 52.9 Å². The van der Waals surface area contributed by atoms with Gasteiger partial charge in [-0.25, -0.2) is 0 Å². The summed E-state index contributed by atoms with van der Waals surface area (Å²) >= 11 is 0. The number of carbonyl (C=O) groups excluding carboxylic acids is 2. The molecule has 11 nitrogen and oxygen atoms in total. The van der Waals surface area contributed by atoms with Crippen molar-refractivity contribution in [3.8, 4) is 39.9 Å². The van der Waals surface area contributed by atoms with Gasteiger partial charge in [0.25, 0.3) is 0 Å². The maximum atomic E-state index is 13.4. The van der Waals surface area contributed by atoms with Crippen molar-refractivity contribution in [3.63, 3.8) is 0 Å². The Morgan fingerprint density at radius 1 is 0.929 bits per heavy atom. The second-order valence-corrected chi connectivity index (χ2v) is 9.86. The standard InChI is InChI=1S/C31H33N3O8/c1-17(35)33-22-8-5-18-13-27(38-2)30(39-3)31(40-4)29(18)20-7-9-23(24(36)15-21(20)22)32-16-28(37)34-19-6-10-25-26(14-19)42-12-11-41-25/h6-7,9-10,13-15,22H,5,8,11-12,16H2,1-4H3,(H,32,36)(H,33,35)(H,34,37). The fourth-order valence-electron chi connectivity index (χ4n) is 5.36. The molecule has 0 spiro atoms. The highest BCUT2D eigenvalue weighted by atomic mass is 16.6. The molecule has 220 valence electrons. The first-order valence-electron chi connectivity index (χ1n) is 13.5. The average Bonchev–Trinajstić information content (AvgIpc) is 3.23. The topological polar surface area (TPSA) is 133 Å². The fourth-order valence-corrected chi connectivity index (χ4v) is 5.36. The second kappa shape index (κ2) is 12.3. The van der Waals surface area contributed by atoms with Crippen LogP contribution in [0.1, 0.15) is 30.5 Å². The first kappa shape index (κ1) is 28.6. The molecule has 3 aromatic rings. The average molecular weight is 576 g/mol. The number of benzene rings is 2. The zero-order valence-electron chi connectivity index (χ0n) is 23.9. The molecule has 1 unspecified atom stereocenters. The van der Waals surface area contributed by atoms with Crippen molar-refractivity contribution in [2.75, 3.05) is 51.7 Å². The number of ether oxygens (including phenoxy) is 5. The summed E-state index contributed by atoms with van der Waals surface area (Å²) in [6.07, 6.45) is 1.14. The van der Waals surface area contributed by atoms with Crippen LogP contribution in [-0.2, 0) is 16.0 Å². The van der Waals surface area contributed by atoms with E-state index in [4.69, 9.17) is 23.7 Å². The van der Waals surface area contributed by atoms with Gasteiger partial charge in [-0.3, -0.25) is 14.4 Å². The van der Waals surface area contributed by atoms with Gasteiger partial charge < -0.3 is 39.6 Å². The van der Waals surface area contributed by atoms with E-state index in [2.05, 4.69) is 16.0 Å². The van der Waals surface area contributed by atoms with Gasteiger partial charge in [0.15, 0.2) is 23.0 Å². The minimum Gasteiger partial charge on any atom is -0.493 e. The third-order valence-corrected chi connectivity index (χ3v) is 7.18. The van der Waals surface area contributed by atoms with Crippen LogP contribution in [0, 0.1) is 0 Å². The molecule has 0 saturated carbocycles. The van der Waals surface area contributed by atoms with Gasteiger partial charge in [-0.15, -0.1) is 0 Å². The summed E-state index contributed by atoms with van der Waals surface area (Å²) in [5.74, 6) is 2.02. The normalized spacial score (nSPS) is 14.8. The quantitative estimate of drug-likeness (QED) is 0.368. The van der Waals surface area contributed by atoms with Crippen molar-refractivity contribution in [3.05, 3.63) is 63.8 Å². The number of rotatable bonds is 8. The number of nitrogens with one attached hydrogen (secondary N) is 3. The van der Waals surface area contributed by atoms with Gasteiger partial charge in [0, 0.05) is 24.2 Å². The van der Waals surface area contributed by atoms with Crippen molar-refractivity contribution in [1.82, 2.24) is 5.32 Å². The Bertz CT molecular complexity index is 1590. The summed E-state index contributed by atoms with van der Waals surface area (Å²) in [6.45, 7) is 2.20. The van der Waals surface area contributed by atoms with Crippen LogP contribution in [0.3, 0.4) is 0 Å². The van der Waals surface area contributed by atoms with Crippen LogP contribution in [0.15, 0.2) is 47.3 Å². The smallest absolute Gasteiger partial charge is 0.243 e. The summed E-state index contributed by atoms with van der Waals surface area (Å²) in [5.41, 5.74) is 3.44. The molecule has 0 aromatic heterocycles. The van der Waals surface area contributed by atoms with Crippen LogP contribution < -0.4 is 45.1 Å². The van der Waals surface area contributed by atoms with Crippen molar-refractivity contribution in [2.24, 2.45) is 0 Å². The second-order valence-electron chi connectivity index (χ2n) is 9.86. The van der Waals surface area contributed by atoms with Gasteiger partial charge in [-0.05, 0) is 59.9 Å². The Morgan fingerprint density at radius 2 is 1.69 bits per heavy atom. The number of fused-ring (bicyclic) bond motifs is 4. The van der Waals surface area contributed by atoms with E-state index in [1.807, 2.05) is 6.07 Å². The molecule has 0 fully saturated rings. The van der Waals surface area contributed by atoms with Gasteiger partial charge in [0.05, 0.1) is 39.6 Å². The SMILES string of the molecule is COc1cc2c(c(OC)c1OC)-c1ccc(NCC(=O)Nc3ccc4c(c3)OCCO4)c(=O)cc1C(NC(C)=O)CC2. The lowest BCUT2D eigenvalue weighted by Crippen LogP contribution is -2.27. The summed E-state index contributed by atoms with van der Waals surface area (Å²) in [6, 6.07) is 11.5. The van der Waals surface area contributed by atoms with Crippen LogP contribution in [0.2, 0.25) is 0 Å². The summed E-state index contributed by atoms with van der Waals surface area (Å²) in [5, 5.41) is 8.75. The summed E-state index contributed by atoms with van der Waals surface area (Å²) < 4.78 is 28.1. The molecule has 1 heterocycles. The van der Waals surface area contributed by atoms with Crippen molar-refractivity contribution in [1.29, 1.82) is 0 Å². The van der Waals surface area contributed by atoms with E-state index in [-0.39, 0.29) is 29.5 Å². The van der Waals surface area contributed by atoms with Crippen molar-refractivity contribution >= 4 is 23.2 Å². The molecule has 3 N–H and O–H groups in total. The molecule has 2 amide bonds. The van der Waals surface area contributed by atoms with E-state index >= 15 is 0 Å². The highest BCUT2D eigenvalue weighted by Crippen LogP contribution is 2.50. The molecule has 5 rings (SSSR count). The van der Waals surface area contributed by atoms with Gasteiger partial charge in [-0.1, -0.05) is 6.07 Å². The Morgan fingerprint density at radius 3 is 2.40 bits per heavy atom. The zero-order chi connectivity index (χ0) is 29.8. The maximum Gasteiger partial charge on any atom is 0.243 e. The Kier molecular flexibility index (Phi) is 8.37. The van der Waals surface area contributed by atoms with Crippen LogP contribution >= 0.6 is 0 Å². The monoisotopic (exact) mass is 575 g/mol. The summed E-state index contributed by atoms with van der Waals surface area (Å²) in [4.78, 5) is 38.3. The van der Waals surface area contributed by atoms with Crippen LogP contribution in [0.25, 0.3) is 11.1 Å². The van der Waals surface area contributed by atoms with Crippen LogP contribution in [0.5, 0.6) is 28.7 Å². The Hall–Kier alpha value is -4.93. The number of hydrogen-bond acceptors (Lipinski definition) is 9. The largest absolute Gasteiger partial charge is 0.493 e. The number of amides is 2. The van der Waals surface area contributed by atoms with Gasteiger partial charge in [-0.2, -0.15) is 0 Å². The number of anilines is 2. The lowest BCUT2D eigenvalue weighted by molar-refractivity contribution is -0.119. The molecule has 1 aliphatic carbocycles. The molecule has 0 radical (unpaired) electrons. The molecule has 42 heavy (non-hydrogen) atoms. The number of aryl methyl sites for hydroxylation is 1.